The van der Waals surface area contributed by atoms with Crippen LogP contribution in [-0.2, 0) is 0 Å². The number of anilines is 2. The number of likely N-dealkylation sites (tertiary alicyclic amines) is 1. The highest BCUT2D eigenvalue weighted by molar-refractivity contribution is 5.90. The maximum absolute atomic E-state index is 12.8. The number of fused-ring (bicyclic) bond motifs is 2. The molecule has 10 heteroatoms. The molecule has 0 spiro atoms. The number of benzene rings is 1. The lowest BCUT2D eigenvalue weighted by molar-refractivity contribution is 0.151. The van der Waals surface area contributed by atoms with Gasteiger partial charge in [0.05, 0.1) is 11.2 Å². The highest BCUT2D eigenvalue weighted by Crippen LogP contribution is 2.22. The third kappa shape index (κ3) is 5.18. The van der Waals surface area contributed by atoms with Crippen LogP contribution in [0.2, 0.25) is 0 Å². The number of hydrogen-bond donors (Lipinski definition) is 3. The summed E-state index contributed by atoms with van der Waals surface area (Å²) in [4.78, 5) is 35.2. The van der Waals surface area contributed by atoms with Gasteiger partial charge in [-0.15, -0.1) is 0 Å². The molecule has 2 aromatic heterocycles. The predicted molar refractivity (Wildman–Crippen MR) is 130 cm³/mol. The summed E-state index contributed by atoms with van der Waals surface area (Å²) in [5.41, 5.74) is 1.29. The number of hydrogen-bond acceptors (Lipinski definition) is 10. The lowest BCUT2D eigenvalue weighted by Crippen LogP contribution is -2.42. The summed E-state index contributed by atoms with van der Waals surface area (Å²) >= 11 is 0. The second-order valence-corrected chi connectivity index (χ2v) is 8.78. The van der Waals surface area contributed by atoms with Crippen LogP contribution in [0.4, 0.5) is 11.6 Å². The molecule has 1 aromatic carbocycles. The largest absolute Gasteiger partial charge is 0.361 e. The Bertz CT molecular complexity index is 1180. The van der Waals surface area contributed by atoms with Crippen molar-refractivity contribution in [1.82, 2.24) is 30.2 Å². The van der Waals surface area contributed by atoms with Crippen molar-refractivity contribution in [3.05, 3.63) is 34.7 Å². The first-order valence-corrected chi connectivity index (χ1v) is 11.5. The van der Waals surface area contributed by atoms with Gasteiger partial charge in [-0.2, -0.15) is 4.98 Å². The van der Waals surface area contributed by atoms with Gasteiger partial charge in [0, 0.05) is 25.3 Å². The molecule has 176 valence electrons. The van der Waals surface area contributed by atoms with Gasteiger partial charge in [0.1, 0.15) is 10.9 Å². The summed E-state index contributed by atoms with van der Waals surface area (Å²) in [5, 5.41) is 16.8. The Kier molecular flexibility index (Phi) is 6.96. The molecule has 1 aliphatic rings. The zero-order valence-corrected chi connectivity index (χ0v) is 19.6. The summed E-state index contributed by atoms with van der Waals surface area (Å²) in [6, 6.07) is 5.74. The van der Waals surface area contributed by atoms with E-state index in [0.29, 0.717) is 28.7 Å². The molecule has 1 fully saturated rings. The van der Waals surface area contributed by atoms with Gasteiger partial charge in [-0.05, 0) is 58.5 Å². The zero-order chi connectivity index (χ0) is 23.5. The summed E-state index contributed by atoms with van der Waals surface area (Å²) in [6.07, 6.45) is 3.46. The normalized spacial score (nSPS) is 17.2. The molecule has 3 N–H and O–H groups in total. The minimum atomic E-state index is -0.975. The number of piperidine rings is 1. The molecule has 4 rings (SSSR count). The minimum Gasteiger partial charge on any atom is -0.361 e. The van der Waals surface area contributed by atoms with E-state index in [2.05, 4.69) is 42.4 Å². The highest BCUT2D eigenvalue weighted by Gasteiger charge is 2.23. The molecule has 0 amide bonds. The topological polar surface area (TPSA) is 119 Å². The molecule has 2 atom stereocenters. The number of aromatic nitrogens is 4. The number of rotatable bonds is 7. The fourth-order valence-corrected chi connectivity index (χ4v) is 4.02. The lowest BCUT2D eigenvalue weighted by atomic mass is 10.0. The van der Waals surface area contributed by atoms with Crippen LogP contribution in [0, 0.1) is 0 Å². The van der Waals surface area contributed by atoms with Crippen molar-refractivity contribution in [2.24, 2.45) is 0 Å². The van der Waals surface area contributed by atoms with Crippen molar-refractivity contribution >= 4 is 33.7 Å². The van der Waals surface area contributed by atoms with E-state index in [4.69, 9.17) is 4.98 Å². The Hall–Kier alpha value is -2.95. The second kappa shape index (κ2) is 9.90. The maximum atomic E-state index is 12.8. The molecule has 10 nitrogen and oxygen atoms in total. The van der Waals surface area contributed by atoms with Crippen LogP contribution < -0.4 is 21.1 Å². The van der Waals surface area contributed by atoms with Gasteiger partial charge in [0.25, 0.3) is 5.56 Å². The van der Waals surface area contributed by atoms with Gasteiger partial charge in [-0.25, -0.2) is 15.0 Å². The van der Waals surface area contributed by atoms with Crippen LogP contribution in [0.15, 0.2) is 29.2 Å². The van der Waals surface area contributed by atoms with E-state index in [-0.39, 0.29) is 17.1 Å². The van der Waals surface area contributed by atoms with Gasteiger partial charge in [0.15, 0.2) is 12.0 Å². The second-order valence-electron chi connectivity index (χ2n) is 8.78. The molecule has 1 aliphatic heterocycles. The van der Waals surface area contributed by atoms with Crippen molar-refractivity contribution < 1.29 is 5.11 Å². The van der Waals surface area contributed by atoms with Crippen LogP contribution in [0.3, 0.4) is 0 Å². The SMILES string of the molecule is CCC(C)NC(O)Nc1cccc2nc(=O)c3cnc(N(C)C4CCN(C)CC4)nc3nc12. The van der Waals surface area contributed by atoms with Crippen LogP contribution in [0.25, 0.3) is 22.1 Å². The number of aliphatic hydroxyl groups is 1. The first-order chi connectivity index (χ1) is 15.9. The zero-order valence-electron chi connectivity index (χ0n) is 19.6. The number of nitrogens with one attached hydrogen (secondary N) is 2. The van der Waals surface area contributed by atoms with Crippen LogP contribution in [0.5, 0.6) is 0 Å². The molecule has 0 radical (unpaired) electrons. The Morgan fingerprint density at radius 1 is 1.24 bits per heavy atom. The molecule has 1 saturated heterocycles. The van der Waals surface area contributed by atoms with E-state index < -0.39 is 11.9 Å². The van der Waals surface area contributed by atoms with Crippen molar-refractivity contribution in [3.63, 3.8) is 0 Å². The standard InChI is InChI=1S/C23H32N8O2/c1-5-14(2)25-23(33)27-18-8-6-7-17-19(18)28-20-16(21(32)26-17)13-24-22(29-20)31(4)15-9-11-30(3)12-10-15/h6-8,13-15,23,25,27,33H,5,9-12H2,1-4H3. The van der Waals surface area contributed by atoms with Crippen molar-refractivity contribution in [2.45, 2.75) is 51.5 Å². The summed E-state index contributed by atoms with van der Waals surface area (Å²) in [7, 11) is 4.11. The van der Waals surface area contributed by atoms with E-state index >= 15 is 0 Å². The van der Waals surface area contributed by atoms with Crippen molar-refractivity contribution in [2.75, 3.05) is 37.4 Å². The first-order valence-electron chi connectivity index (χ1n) is 11.5. The van der Waals surface area contributed by atoms with Crippen LogP contribution in [0.1, 0.15) is 33.1 Å². The third-order valence-corrected chi connectivity index (χ3v) is 6.34. The molecule has 0 aliphatic carbocycles. The molecular formula is C23H32N8O2. The summed E-state index contributed by atoms with van der Waals surface area (Å²) < 4.78 is 0. The molecule has 3 heterocycles. The molecule has 33 heavy (non-hydrogen) atoms. The van der Waals surface area contributed by atoms with Crippen LogP contribution in [-0.4, -0.2) is 75.6 Å². The molecular weight excluding hydrogens is 420 g/mol. The van der Waals surface area contributed by atoms with E-state index in [1.807, 2.05) is 20.9 Å². The van der Waals surface area contributed by atoms with Gasteiger partial charge in [-0.1, -0.05) is 13.0 Å². The van der Waals surface area contributed by atoms with E-state index in [9.17, 15) is 9.90 Å². The van der Waals surface area contributed by atoms with Gasteiger partial charge in [0.2, 0.25) is 5.95 Å². The molecule has 0 saturated carbocycles. The highest BCUT2D eigenvalue weighted by atomic mass is 16.3. The fourth-order valence-electron chi connectivity index (χ4n) is 4.02. The first kappa shape index (κ1) is 23.2. The Morgan fingerprint density at radius 2 is 2.00 bits per heavy atom. The quantitative estimate of drug-likeness (QED) is 0.455. The Labute approximate surface area is 193 Å². The summed E-state index contributed by atoms with van der Waals surface area (Å²) in [5.74, 6) is 0.534. The Balaban J connectivity index is 1.74. The Morgan fingerprint density at radius 3 is 2.73 bits per heavy atom. The molecule has 3 aromatic rings. The third-order valence-electron chi connectivity index (χ3n) is 6.34. The predicted octanol–water partition coefficient (Wildman–Crippen LogP) is 1.54. The minimum absolute atomic E-state index is 0.129. The van der Waals surface area contributed by atoms with E-state index in [1.165, 1.54) is 6.20 Å². The van der Waals surface area contributed by atoms with Crippen LogP contribution >= 0.6 is 0 Å². The number of para-hydroxylation sites is 1. The van der Waals surface area contributed by atoms with Crippen molar-refractivity contribution in [3.8, 4) is 0 Å². The molecule has 2 unspecified atom stereocenters. The van der Waals surface area contributed by atoms with Gasteiger partial charge in [-0.3, -0.25) is 10.1 Å². The average molecular weight is 453 g/mol. The number of aliphatic hydroxyl groups excluding tert-OH is 1. The van der Waals surface area contributed by atoms with Crippen molar-refractivity contribution in [1.29, 1.82) is 0 Å². The lowest BCUT2D eigenvalue weighted by Gasteiger charge is -2.35. The van der Waals surface area contributed by atoms with E-state index in [0.717, 1.165) is 32.4 Å². The fraction of sp³-hybridized carbons (Fsp3) is 0.522. The average Bonchev–Trinajstić information content (AvgIpc) is 2.95. The maximum Gasteiger partial charge on any atom is 0.283 e. The monoisotopic (exact) mass is 452 g/mol. The molecule has 0 bridgehead atoms. The van der Waals surface area contributed by atoms with Gasteiger partial charge >= 0.3 is 0 Å². The summed E-state index contributed by atoms with van der Waals surface area (Å²) in [6.45, 7) is 6.08. The number of nitrogens with zero attached hydrogens (tertiary/aromatic N) is 6. The van der Waals surface area contributed by atoms with E-state index in [1.54, 1.807) is 18.2 Å². The van der Waals surface area contributed by atoms with Gasteiger partial charge < -0.3 is 20.2 Å². The smallest absolute Gasteiger partial charge is 0.283 e.